The smallest absolute Gasteiger partial charge is 0.384 e. The van der Waals surface area contributed by atoms with E-state index in [4.69, 9.17) is 10.5 Å². The molecule has 0 aliphatic carbocycles. The second-order valence-corrected chi connectivity index (χ2v) is 3.79. The van der Waals surface area contributed by atoms with Crippen LogP contribution in [0.3, 0.4) is 0 Å². The first-order valence-corrected chi connectivity index (χ1v) is 5.67. The van der Waals surface area contributed by atoms with Gasteiger partial charge in [-0.05, 0) is 42.0 Å². The van der Waals surface area contributed by atoms with Gasteiger partial charge in [0, 0.05) is 17.2 Å². The number of ether oxygens (including phenoxy) is 1. The Hall–Kier alpha value is -2.47. The summed E-state index contributed by atoms with van der Waals surface area (Å²) in [5.74, 6) is 4.72. The van der Waals surface area contributed by atoms with Crippen molar-refractivity contribution in [2.75, 3.05) is 12.3 Å². The number of hydrogen-bond donors (Lipinski definition) is 1. The minimum Gasteiger partial charge on any atom is -0.456 e. The first kappa shape index (κ1) is 12.0. The number of benzene rings is 2. The monoisotopic (exact) mass is 239 g/mol. The summed E-state index contributed by atoms with van der Waals surface area (Å²) in [6.07, 6.45) is 0. The third-order valence-electron chi connectivity index (χ3n) is 2.45. The van der Waals surface area contributed by atoms with Crippen LogP contribution in [0.4, 0.5) is 5.69 Å². The normalized spacial score (nSPS) is 9.61. The lowest BCUT2D eigenvalue weighted by Crippen LogP contribution is -1.99. The molecule has 0 saturated heterocycles. The van der Waals surface area contributed by atoms with Crippen molar-refractivity contribution < 1.29 is 9.53 Å². The fourth-order valence-corrected chi connectivity index (χ4v) is 1.63. The number of carbonyl (C=O) groups excluding carboxylic acids is 1. The van der Waals surface area contributed by atoms with Crippen molar-refractivity contribution in [2.45, 2.75) is 6.92 Å². The first-order chi connectivity index (χ1) is 8.69. The Bertz CT molecular complexity index is 650. The van der Waals surface area contributed by atoms with Crippen LogP contribution in [0, 0.1) is 11.8 Å². The summed E-state index contributed by atoms with van der Waals surface area (Å²) in [4.78, 5) is 11.1. The van der Waals surface area contributed by atoms with Crippen molar-refractivity contribution in [3.05, 3.63) is 42.0 Å². The topological polar surface area (TPSA) is 52.3 Å². The standard InChI is InChI=1S/C15H13NO2/c1-2-18-15(17)8-4-11-3-5-13-10-14(16)7-6-12(13)9-11/h3,5-7,9-10H,2,16H2,1H3. The van der Waals surface area contributed by atoms with Gasteiger partial charge in [0.25, 0.3) is 0 Å². The van der Waals surface area contributed by atoms with Crippen LogP contribution in [-0.2, 0) is 9.53 Å². The van der Waals surface area contributed by atoms with E-state index in [1.54, 1.807) is 6.92 Å². The van der Waals surface area contributed by atoms with Crippen LogP contribution in [0.2, 0.25) is 0 Å². The lowest BCUT2D eigenvalue weighted by molar-refractivity contribution is -0.136. The number of nitrogen functional groups attached to an aromatic ring is 1. The molecule has 0 bridgehead atoms. The van der Waals surface area contributed by atoms with E-state index in [1.807, 2.05) is 36.4 Å². The molecule has 0 fully saturated rings. The lowest BCUT2D eigenvalue weighted by Gasteiger charge is -1.99. The highest BCUT2D eigenvalue weighted by atomic mass is 16.5. The molecule has 0 aromatic heterocycles. The highest BCUT2D eigenvalue weighted by Gasteiger charge is 1.96. The molecule has 0 aliphatic heterocycles. The molecule has 18 heavy (non-hydrogen) atoms. The van der Waals surface area contributed by atoms with E-state index in [0.29, 0.717) is 6.61 Å². The number of fused-ring (bicyclic) bond motifs is 1. The summed E-state index contributed by atoms with van der Waals surface area (Å²) in [5, 5.41) is 2.09. The Morgan fingerprint density at radius 3 is 2.72 bits per heavy atom. The van der Waals surface area contributed by atoms with E-state index in [-0.39, 0.29) is 0 Å². The number of hydrogen-bond acceptors (Lipinski definition) is 3. The van der Waals surface area contributed by atoms with Gasteiger partial charge in [-0.25, -0.2) is 4.79 Å². The van der Waals surface area contributed by atoms with Crippen LogP contribution >= 0.6 is 0 Å². The van der Waals surface area contributed by atoms with E-state index in [1.165, 1.54) is 0 Å². The molecule has 2 aromatic rings. The molecule has 0 radical (unpaired) electrons. The minimum atomic E-state index is -0.505. The third-order valence-corrected chi connectivity index (χ3v) is 2.45. The van der Waals surface area contributed by atoms with Crippen molar-refractivity contribution in [2.24, 2.45) is 0 Å². The van der Waals surface area contributed by atoms with E-state index < -0.39 is 5.97 Å². The zero-order chi connectivity index (χ0) is 13.0. The molecule has 90 valence electrons. The highest BCUT2D eigenvalue weighted by molar-refractivity contribution is 5.90. The molecule has 0 spiro atoms. The van der Waals surface area contributed by atoms with Gasteiger partial charge in [0.1, 0.15) is 0 Å². The van der Waals surface area contributed by atoms with Gasteiger partial charge in [-0.15, -0.1) is 0 Å². The van der Waals surface area contributed by atoms with Gasteiger partial charge >= 0.3 is 5.97 Å². The van der Waals surface area contributed by atoms with Crippen molar-refractivity contribution in [1.29, 1.82) is 0 Å². The van der Waals surface area contributed by atoms with Gasteiger partial charge in [-0.3, -0.25) is 0 Å². The Balaban J connectivity index is 2.30. The summed E-state index contributed by atoms with van der Waals surface area (Å²) in [7, 11) is 0. The van der Waals surface area contributed by atoms with Gasteiger partial charge < -0.3 is 10.5 Å². The molecule has 0 saturated carbocycles. The van der Waals surface area contributed by atoms with Gasteiger partial charge in [0.15, 0.2) is 0 Å². The fourth-order valence-electron chi connectivity index (χ4n) is 1.63. The minimum absolute atomic E-state index is 0.338. The Kier molecular flexibility index (Phi) is 3.49. The van der Waals surface area contributed by atoms with Crippen molar-refractivity contribution in [3.63, 3.8) is 0 Å². The van der Waals surface area contributed by atoms with E-state index in [2.05, 4.69) is 11.8 Å². The second-order valence-electron chi connectivity index (χ2n) is 3.79. The zero-order valence-corrected chi connectivity index (χ0v) is 10.1. The molecular weight excluding hydrogens is 226 g/mol. The fraction of sp³-hybridized carbons (Fsp3) is 0.133. The maximum absolute atomic E-state index is 11.1. The molecule has 0 heterocycles. The summed E-state index contributed by atoms with van der Waals surface area (Å²) in [5.41, 5.74) is 7.21. The molecular formula is C15H13NO2. The maximum atomic E-state index is 11.1. The lowest BCUT2D eigenvalue weighted by atomic mass is 10.1. The predicted molar refractivity (Wildman–Crippen MR) is 71.9 cm³/mol. The summed E-state index contributed by atoms with van der Waals surface area (Å²) < 4.78 is 4.74. The van der Waals surface area contributed by atoms with Crippen LogP contribution in [-0.4, -0.2) is 12.6 Å². The molecule has 0 atom stereocenters. The van der Waals surface area contributed by atoms with E-state index in [0.717, 1.165) is 22.0 Å². The molecule has 0 amide bonds. The van der Waals surface area contributed by atoms with Crippen LogP contribution in [0.25, 0.3) is 10.8 Å². The number of nitrogens with two attached hydrogens (primary N) is 1. The molecule has 2 rings (SSSR count). The van der Waals surface area contributed by atoms with Crippen molar-refractivity contribution in [3.8, 4) is 11.8 Å². The van der Waals surface area contributed by atoms with Crippen LogP contribution in [0.15, 0.2) is 36.4 Å². The van der Waals surface area contributed by atoms with Gasteiger partial charge in [-0.1, -0.05) is 18.1 Å². The Labute approximate surface area is 106 Å². The molecule has 3 heteroatoms. The Morgan fingerprint density at radius 2 is 1.94 bits per heavy atom. The average molecular weight is 239 g/mol. The van der Waals surface area contributed by atoms with Crippen LogP contribution < -0.4 is 5.73 Å². The number of esters is 1. The maximum Gasteiger partial charge on any atom is 0.384 e. The summed E-state index contributed by atoms with van der Waals surface area (Å²) in [6, 6.07) is 11.4. The highest BCUT2D eigenvalue weighted by Crippen LogP contribution is 2.18. The average Bonchev–Trinajstić information content (AvgIpc) is 2.36. The number of rotatable bonds is 1. The predicted octanol–water partition coefficient (Wildman–Crippen LogP) is 2.34. The third kappa shape index (κ3) is 2.80. The molecule has 0 aliphatic rings. The quantitative estimate of drug-likeness (QED) is 0.472. The van der Waals surface area contributed by atoms with Crippen molar-refractivity contribution in [1.82, 2.24) is 0 Å². The second kappa shape index (κ2) is 5.24. The summed E-state index contributed by atoms with van der Waals surface area (Å²) >= 11 is 0. The first-order valence-electron chi connectivity index (χ1n) is 5.67. The molecule has 0 unspecified atom stereocenters. The van der Waals surface area contributed by atoms with E-state index >= 15 is 0 Å². The SMILES string of the molecule is CCOC(=O)C#Cc1ccc2cc(N)ccc2c1. The largest absolute Gasteiger partial charge is 0.456 e. The Morgan fingerprint density at radius 1 is 1.22 bits per heavy atom. The van der Waals surface area contributed by atoms with Gasteiger partial charge in [0.05, 0.1) is 6.61 Å². The van der Waals surface area contributed by atoms with E-state index in [9.17, 15) is 4.79 Å². The van der Waals surface area contributed by atoms with Crippen molar-refractivity contribution >= 4 is 22.4 Å². The van der Waals surface area contributed by atoms with Gasteiger partial charge in [0.2, 0.25) is 0 Å². The molecule has 3 nitrogen and oxygen atoms in total. The number of carbonyl (C=O) groups is 1. The molecule has 2 N–H and O–H groups in total. The van der Waals surface area contributed by atoms with Crippen LogP contribution in [0.5, 0.6) is 0 Å². The van der Waals surface area contributed by atoms with Gasteiger partial charge in [-0.2, -0.15) is 0 Å². The number of anilines is 1. The molecule has 2 aromatic carbocycles. The summed E-state index contributed by atoms with van der Waals surface area (Å²) in [6.45, 7) is 2.09. The zero-order valence-electron chi connectivity index (χ0n) is 10.1. The van der Waals surface area contributed by atoms with Crippen LogP contribution in [0.1, 0.15) is 12.5 Å².